The Labute approximate surface area is 110 Å². The van der Waals surface area contributed by atoms with E-state index in [0.717, 1.165) is 11.4 Å². The minimum Gasteiger partial charge on any atom is -0.467 e. The van der Waals surface area contributed by atoms with Crippen molar-refractivity contribution in [2.75, 3.05) is 11.9 Å². The first-order valence-electron chi connectivity index (χ1n) is 5.53. The monoisotopic (exact) mass is 264 g/mol. The highest BCUT2D eigenvalue weighted by molar-refractivity contribution is 6.33. The number of carbonyl (C=O) groups is 1. The van der Waals surface area contributed by atoms with Crippen LogP contribution in [-0.2, 0) is 11.3 Å². The maximum Gasteiger partial charge on any atom is 0.239 e. The van der Waals surface area contributed by atoms with E-state index in [4.69, 9.17) is 16.0 Å². The summed E-state index contributed by atoms with van der Waals surface area (Å²) in [6, 6.07) is 10.9. The number of furan rings is 1. The zero-order valence-corrected chi connectivity index (χ0v) is 10.4. The van der Waals surface area contributed by atoms with E-state index in [-0.39, 0.29) is 12.5 Å². The minimum absolute atomic E-state index is 0.119. The summed E-state index contributed by atoms with van der Waals surface area (Å²) in [5, 5.41) is 6.30. The Hall–Kier alpha value is -1.94. The van der Waals surface area contributed by atoms with Crippen molar-refractivity contribution >= 4 is 23.2 Å². The van der Waals surface area contributed by atoms with Gasteiger partial charge in [-0.2, -0.15) is 0 Å². The number of nitrogens with one attached hydrogen (secondary N) is 2. The van der Waals surface area contributed by atoms with Gasteiger partial charge in [-0.15, -0.1) is 0 Å². The standard InChI is InChI=1S/C13H13ClN2O2/c14-11-5-1-2-6-12(11)15-9-13(17)16-8-10-4-3-7-18-10/h1-7,15H,8-9H2,(H,16,17). The average Bonchev–Trinajstić information content (AvgIpc) is 2.88. The molecule has 5 heteroatoms. The highest BCUT2D eigenvalue weighted by Gasteiger charge is 2.04. The van der Waals surface area contributed by atoms with Crippen molar-refractivity contribution < 1.29 is 9.21 Å². The molecule has 1 aromatic carbocycles. The molecular weight excluding hydrogens is 252 g/mol. The molecule has 1 aromatic heterocycles. The number of benzene rings is 1. The predicted molar refractivity (Wildman–Crippen MR) is 70.5 cm³/mol. The van der Waals surface area contributed by atoms with E-state index in [1.54, 1.807) is 18.4 Å². The van der Waals surface area contributed by atoms with Gasteiger partial charge < -0.3 is 15.1 Å². The van der Waals surface area contributed by atoms with Crippen LogP contribution in [0.1, 0.15) is 5.76 Å². The van der Waals surface area contributed by atoms with Crippen LogP contribution in [-0.4, -0.2) is 12.5 Å². The molecule has 4 nitrogen and oxygen atoms in total. The SMILES string of the molecule is O=C(CNc1ccccc1Cl)NCc1ccco1. The topological polar surface area (TPSA) is 54.3 Å². The summed E-state index contributed by atoms with van der Waals surface area (Å²) in [4.78, 5) is 11.6. The Morgan fingerprint density at radius 1 is 1.22 bits per heavy atom. The molecule has 0 aliphatic heterocycles. The second-order valence-electron chi connectivity index (χ2n) is 3.69. The van der Waals surface area contributed by atoms with Crippen LogP contribution in [0.4, 0.5) is 5.69 Å². The predicted octanol–water partition coefficient (Wildman–Crippen LogP) is 2.66. The zero-order chi connectivity index (χ0) is 12.8. The van der Waals surface area contributed by atoms with Crippen molar-refractivity contribution in [1.82, 2.24) is 5.32 Å². The molecule has 0 bridgehead atoms. The molecule has 18 heavy (non-hydrogen) atoms. The minimum atomic E-state index is -0.119. The van der Waals surface area contributed by atoms with Crippen molar-refractivity contribution in [1.29, 1.82) is 0 Å². The van der Waals surface area contributed by atoms with Crippen molar-refractivity contribution in [3.63, 3.8) is 0 Å². The van der Waals surface area contributed by atoms with Gasteiger partial charge in [-0.1, -0.05) is 23.7 Å². The molecule has 0 spiro atoms. The van der Waals surface area contributed by atoms with Gasteiger partial charge in [0.15, 0.2) is 0 Å². The normalized spacial score (nSPS) is 10.1. The first kappa shape index (κ1) is 12.5. The molecule has 0 fully saturated rings. The largest absolute Gasteiger partial charge is 0.467 e. The molecular formula is C13H13ClN2O2. The Balaban J connectivity index is 1.77. The highest BCUT2D eigenvalue weighted by atomic mass is 35.5. The number of amides is 1. The third-order valence-electron chi connectivity index (χ3n) is 2.35. The number of halogens is 1. The van der Waals surface area contributed by atoms with Gasteiger partial charge in [0, 0.05) is 0 Å². The quantitative estimate of drug-likeness (QED) is 0.873. The first-order chi connectivity index (χ1) is 8.75. The number of hydrogen-bond acceptors (Lipinski definition) is 3. The first-order valence-corrected chi connectivity index (χ1v) is 5.91. The van der Waals surface area contributed by atoms with Crippen LogP contribution >= 0.6 is 11.6 Å². The van der Waals surface area contributed by atoms with Crippen molar-refractivity contribution in [3.8, 4) is 0 Å². The lowest BCUT2D eigenvalue weighted by atomic mass is 10.3. The molecule has 1 amide bonds. The fraction of sp³-hybridized carbons (Fsp3) is 0.154. The smallest absolute Gasteiger partial charge is 0.239 e. The fourth-order valence-corrected chi connectivity index (χ4v) is 1.64. The van der Waals surface area contributed by atoms with Crippen LogP contribution in [0.2, 0.25) is 5.02 Å². The summed E-state index contributed by atoms with van der Waals surface area (Å²) in [5.41, 5.74) is 0.743. The average molecular weight is 265 g/mol. The van der Waals surface area contributed by atoms with Crippen molar-refractivity contribution in [2.24, 2.45) is 0 Å². The van der Waals surface area contributed by atoms with Crippen molar-refractivity contribution in [2.45, 2.75) is 6.54 Å². The van der Waals surface area contributed by atoms with E-state index < -0.39 is 0 Å². The number of rotatable bonds is 5. The van der Waals surface area contributed by atoms with Crippen LogP contribution in [0.3, 0.4) is 0 Å². The highest BCUT2D eigenvalue weighted by Crippen LogP contribution is 2.19. The van der Waals surface area contributed by atoms with E-state index in [1.165, 1.54) is 0 Å². The van der Waals surface area contributed by atoms with E-state index in [0.29, 0.717) is 11.6 Å². The molecule has 2 aromatic rings. The molecule has 0 unspecified atom stereocenters. The molecule has 1 heterocycles. The number of anilines is 1. The summed E-state index contributed by atoms with van der Waals surface area (Å²) >= 11 is 5.96. The summed E-state index contributed by atoms with van der Waals surface area (Å²) in [6.45, 7) is 0.556. The van der Waals surface area contributed by atoms with Gasteiger partial charge in [0.25, 0.3) is 0 Å². The van der Waals surface area contributed by atoms with Gasteiger partial charge >= 0.3 is 0 Å². The molecule has 94 valence electrons. The lowest BCUT2D eigenvalue weighted by Gasteiger charge is -2.08. The van der Waals surface area contributed by atoms with Gasteiger partial charge in [-0.05, 0) is 24.3 Å². The Morgan fingerprint density at radius 2 is 2.06 bits per heavy atom. The van der Waals surface area contributed by atoms with E-state index in [2.05, 4.69) is 10.6 Å². The van der Waals surface area contributed by atoms with Crippen LogP contribution in [0.25, 0.3) is 0 Å². The molecule has 0 atom stereocenters. The summed E-state index contributed by atoms with van der Waals surface area (Å²) in [6.07, 6.45) is 1.57. The molecule has 0 saturated carbocycles. The van der Waals surface area contributed by atoms with Gasteiger partial charge in [-0.3, -0.25) is 4.79 Å². The van der Waals surface area contributed by atoms with Gasteiger partial charge in [-0.25, -0.2) is 0 Å². The van der Waals surface area contributed by atoms with E-state index >= 15 is 0 Å². The Bertz CT molecular complexity index is 511. The molecule has 2 rings (SSSR count). The van der Waals surface area contributed by atoms with Crippen LogP contribution < -0.4 is 10.6 Å². The molecule has 2 N–H and O–H groups in total. The maximum atomic E-state index is 11.6. The maximum absolute atomic E-state index is 11.6. The Kier molecular flexibility index (Phi) is 4.25. The van der Waals surface area contributed by atoms with Crippen LogP contribution in [0.15, 0.2) is 47.1 Å². The second kappa shape index (κ2) is 6.12. The zero-order valence-electron chi connectivity index (χ0n) is 9.65. The number of para-hydroxylation sites is 1. The lowest BCUT2D eigenvalue weighted by Crippen LogP contribution is -2.29. The summed E-state index contributed by atoms with van der Waals surface area (Å²) in [7, 11) is 0. The fourth-order valence-electron chi connectivity index (χ4n) is 1.44. The molecule has 0 aliphatic rings. The lowest BCUT2D eigenvalue weighted by molar-refractivity contribution is -0.119. The third-order valence-corrected chi connectivity index (χ3v) is 2.68. The van der Waals surface area contributed by atoms with Crippen LogP contribution in [0, 0.1) is 0 Å². The van der Waals surface area contributed by atoms with Gasteiger partial charge in [0.1, 0.15) is 5.76 Å². The molecule has 0 saturated heterocycles. The second-order valence-corrected chi connectivity index (χ2v) is 4.10. The molecule has 0 radical (unpaired) electrons. The summed E-state index contributed by atoms with van der Waals surface area (Å²) < 4.78 is 5.11. The number of carbonyl (C=O) groups excluding carboxylic acids is 1. The molecule has 0 aliphatic carbocycles. The Morgan fingerprint density at radius 3 is 2.78 bits per heavy atom. The van der Waals surface area contributed by atoms with Gasteiger partial charge in [0.05, 0.1) is 30.1 Å². The third kappa shape index (κ3) is 3.53. The number of hydrogen-bond donors (Lipinski definition) is 2. The van der Waals surface area contributed by atoms with Crippen molar-refractivity contribution in [3.05, 3.63) is 53.4 Å². The van der Waals surface area contributed by atoms with E-state index in [9.17, 15) is 4.79 Å². The van der Waals surface area contributed by atoms with Crippen LogP contribution in [0.5, 0.6) is 0 Å². The van der Waals surface area contributed by atoms with Gasteiger partial charge in [0.2, 0.25) is 5.91 Å². The summed E-state index contributed by atoms with van der Waals surface area (Å²) in [5.74, 6) is 0.604. The van der Waals surface area contributed by atoms with E-state index in [1.807, 2.05) is 24.3 Å².